The lowest BCUT2D eigenvalue weighted by Gasteiger charge is -2.10. The van der Waals surface area contributed by atoms with Gasteiger partial charge in [-0.1, -0.05) is 24.3 Å². The molecule has 15 heavy (non-hydrogen) atoms. The first-order valence-corrected chi connectivity index (χ1v) is 5.42. The average molecular weight is 267 g/mol. The fourth-order valence-electron chi connectivity index (χ4n) is 1.67. The van der Waals surface area contributed by atoms with Gasteiger partial charge in [0.2, 0.25) is 0 Å². The summed E-state index contributed by atoms with van der Waals surface area (Å²) in [7, 11) is 1.62. The van der Waals surface area contributed by atoms with Crippen LogP contribution in [0.3, 0.4) is 0 Å². The predicted molar refractivity (Wildman–Crippen MR) is 64.1 cm³/mol. The van der Waals surface area contributed by atoms with Crippen LogP contribution in [0.1, 0.15) is 5.56 Å². The van der Waals surface area contributed by atoms with E-state index in [2.05, 4.69) is 15.9 Å². The summed E-state index contributed by atoms with van der Waals surface area (Å²) in [6, 6.07) is 9.77. The third-order valence-corrected chi connectivity index (χ3v) is 3.24. The van der Waals surface area contributed by atoms with Crippen LogP contribution in [0.4, 0.5) is 0 Å². The van der Waals surface area contributed by atoms with E-state index in [4.69, 9.17) is 4.74 Å². The Morgan fingerprint density at radius 3 is 2.53 bits per heavy atom. The quantitative estimate of drug-likeness (QED) is 0.905. The number of fused-ring (bicyclic) bond motifs is 1. The molecule has 0 atom stereocenters. The molecule has 0 aliphatic heterocycles. The molecule has 0 heterocycles. The minimum atomic E-state index is 0.0180. The van der Waals surface area contributed by atoms with Crippen molar-refractivity contribution in [3.63, 3.8) is 0 Å². The molecule has 0 aliphatic rings. The number of rotatable bonds is 2. The second kappa shape index (κ2) is 4.21. The second-order valence-electron chi connectivity index (χ2n) is 3.26. The van der Waals surface area contributed by atoms with Gasteiger partial charge >= 0.3 is 0 Å². The molecular formula is C12H11BrO2. The molecule has 0 saturated carbocycles. The Hall–Kier alpha value is -1.06. The van der Waals surface area contributed by atoms with Crippen LogP contribution in [0.15, 0.2) is 34.8 Å². The molecule has 0 spiro atoms. The van der Waals surface area contributed by atoms with E-state index < -0.39 is 0 Å². The van der Waals surface area contributed by atoms with Crippen LogP contribution < -0.4 is 4.74 Å². The fourth-order valence-corrected chi connectivity index (χ4v) is 2.29. The van der Waals surface area contributed by atoms with Gasteiger partial charge in [0.15, 0.2) is 0 Å². The highest BCUT2D eigenvalue weighted by atomic mass is 79.9. The van der Waals surface area contributed by atoms with Crippen molar-refractivity contribution in [2.45, 2.75) is 6.61 Å². The summed E-state index contributed by atoms with van der Waals surface area (Å²) in [6.45, 7) is 0.0180. The molecule has 78 valence electrons. The zero-order valence-electron chi connectivity index (χ0n) is 8.33. The van der Waals surface area contributed by atoms with Gasteiger partial charge in [-0.3, -0.25) is 0 Å². The van der Waals surface area contributed by atoms with Crippen molar-refractivity contribution in [3.8, 4) is 5.75 Å². The Balaban J connectivity index is 2.84. The molecule has 0 radical (unpaired) electrons. The highest BCUT2D eigenvalue weighted by Crippen LogP contribution is 2.35. The monoisotopic (exact) mass is 266 g/mol. The molecule has 2 nitrogen and oxygen atoms in total. The zero-order valence-corrected chi connectivity index (χ0v) is 9.91. The molecule has 1 N–H and O–H groups in total. The van der Waals surface area contributed by atoms with E-state index in [0.717, 1.165) is 26.6 Å². The van der Waals surface area contributed by atoms with Crippen LogP contribution in [0.25, 0.3) is 10.8 Å². The molecule has 0 unspecified atom stereocenters. The van der Waals surface area contributed by atoms with Crippen molar-refractivity contribution in [1.82, 2.24) is 0 Å². The molecule has 3 heteroatoms. The van der Waals surface area contributed by atoms with Crippen molar-refractivity contribution in [1.29, 1.82) is 0 Å². The predicted octanol–water partition coefficient (Wildman–Crippen LogP) is 3.10. The summed E-state index contributed by atoms with van der Waals surface area (Å²) in [6.07, 6.45) is 0. The highest BCUT2D eigenvalue weighted by molar-refractivity contribution is 9.10. The lowest BCUT2D eigenvalue weighted by Crippen LogP contribution is -1.91. The van der Waals surface area contributed by atoms with Gasteiger partial charge in [-0.25, -0.2) is 0 Å². The van der Waals surface area contributed by atoms with Gasteiger partial charge < -0.3 is 9.84 Å². The topological polar surface area (TPSA) is 29.5 Å². The van der Waals surface area contributed by atoms with E-state index in [0.29, 0.717) is 0 Å². The maximum absolute atomic E-state index is 9.28. The first-order chi connectivity index (χ1) is 7.27. The van der Waals surface area contributed by atoms with Crippen LogP contribution in [0, 0.1) is 0 Å². The summed E-state index contributed by atoms with van der Waals surface area (Å²) in [5.41, 5.74) is 0.880. The summed E-state index contributed by atoms with van der Waals surface area (Å²) >= 11 is 3.50. The Labute approximate surface area is 96.6 Å². The Bertz CT molecular complexity index is 494. The maximum Gasteiger partial charge on any atom is 0.134 e. The standard InChI is InChI=1S/C12H11BrO2/c1-15-11-6-8(7-14)9-4-2-3-5-10(9)12(11)13/h2-6,14H,7H2,1H3. The lowest BCUT2D eigenvalue weighted by molar-refractivity contribution is 0.282. The number of benzene rings is 2. The Morgan fingerprint density at radius 1 is 1.27 bits per heavy atom. The summed E-state index contributed by atoms with van der Waals surface area (Å²) in [5, 5.41) is 11.4. The van der Waals surface area contributed by atoms with Gasteiger partial charge in [-0.2, -0.15) is 0 Å². The number of methoxy groups -OCH3 is 1. The van der Waals surface area contributed by atoms with Crippen LogP contribution in [0.2, 0.25) is 0 Å². The summed E-state index contributed by atoms with van der Waals surface area (Å²) < 4.78 is 6.17. The summed E-state index contributed by atoms with van der Waals surface area (Å²) in [4.78, 5) is 0. The molecule has 2 aromatic rings. The van der Waals surface area contributed by atoms with Gasteiger partial charge in [-0.05, 0) is 38.3 Å². The van der Waals surface area contributed by atoms with Gasteiger partial charge in [0.1, 0.15) is 5.75 Å². The number of ether oxygens (including phenoxy) is 1. The molecular weight excluding hydrogens is 256 g/mol. The molecule has 2 aromatic carbocycles. The largest absolute Gasteiger partial charge is 0.496 e. The summed E-state index contributed by atoms with van der Waals surface area (Å²) in [5.74, 6) is 0.748. The number of hydrogen-bond acceptors (Lipinski definition) is 2. The molecule has 0 amide bonds. The van der Waals surface area contributed by atoms with Crippen molar-refractivity contribution >= 4 is 26.7 Å². The number of hydrogen-bond donors (Lipinski definition) is 1. The van der Waals surface area contributed by atoms with Crippen LogP contribution in [0.5, 0.6) is 5.75 Å². The van der Waals surface area contributed by atoms with Gasteiger partial charge in [0, 0.05) is 0 Å². The van der Waals surface area contributed by atoms with E-state index in [1.807, 2.05) is 30.3 Å². The number of aliphatic hydroxyl groups excluding tert-OH is 1. The fraction of sp³-hybridized carbons (Fsp3) is 0.167. The first kappa shape index (κ1) is 10.5. The molecule has 0 bridgehead atoms. The van der Waals surface area contributed by atoms with E-state index in [1.54, 1.807) is 7.11 Å². The van der Waals surface area contributed by atoms with Crippen molar-refractivity contribution in [3.05, 3.63) is 40.4 Å². The molecule has 0 saturated heterocycles. The lowest BCUT2D eigenvalue weighted by atomic mass is 10.0. The van der Waals surface area contributed by atoms with Crippen LogP contribution >= 0.6 is 15.9 Å². The Morgan fingerprint density at radius 2 is 1.93 bits per heavy atom. The second-order valence-corrected chi connectivity index (χ2v) is 4.05. The van der Waals surface area contributed by atoms with Crippen LogP contribution in [-0.2, 0) is 6.61 Å². The normalized spacial score (nSPS) is 10.6. The minimum Gasteiger partial charge on any atom is -0.496 e. The van der Waals surface area contributed by atoms with E-state index in [1.165, 1.54) is 0 Å². The number of halogens is 1. The molecule has 0 fully saturated rings. The van der Waals surface area contributed by atoms with Gasteiger partial charge in [0.05, 0.1) is 18.2 Å². The highest BCUT2D eigenvalue weighted by Gasteiger charge is 2.09. The molecule has 0 aliphatic carbocycles. The van der Waals surface area contributed by atoms with E-state index >= 15 is 0 Å². The van der Waals surface area contributed by atoms with Crippen LogP contribution in [-0.4, -0.2) is 12.2 Å². The third-order valence-electron chi connectivity index (χ3n) is 2.42. The molecule has 2 rings (SSSR count). The number of aliphatic hydroxyl groups is 1. The smallest absolute Gasteiger partial charge is 0.134 e. The van der Waals surface area contributed by atoms with E-state index in [-0.39, 0.29) is 6.61 Å². The van der Waals surface area contributed by atoms with Gasteiger partial charge in [-0.15, -0.1) is 0 Å². The van der Waals surface area contributed by atoms with Gasteiger partial charge in [0.25, 0.3) is 0 Å². The molecule has 0 aromatic heterocycles. The zero-order chi connectivity index (χ0) is 10.8. The Kier molecular flexibility index (Phi) is 2.93. The first-order valence-electron chi connectivity index (χ1n) is 4.63. The van der Waals surface area contributed by atoms with Crippen molar-refractivity contribution in [2.24, 2.45) is 0 Å². The SMILES string of the molecule is COc1cc(CO)c2ccccc2c1Br. The van der Waals surface area contributed by atoms with Crippen molar-refractivity contribution < 1.29 is 9.84 Å². The third kappa shape index (κ3) is 1.73. The van der Waals surface area contributed by atoms with Crippen molar-refractivity contribution in [2.75, 3.05) is 7.11 Å². The maximum atomic E-state index is 9.28. The average Bonchev–Trinajstić information content (AvgIpc) is 2.30. The minimum absolute atomic E-state index is 0.0180. The van der Waals surface area contributed by atoms with E-state index in [9.17, 15) is 5.11 Å².